The van der Waals surface area contributed by atoms with E-state index in [2.05, 4.69) is 5.32 Å². The number of carbonyl (C=O) groups is 2. The Labute approximate surface area is 138 Å². The Balaban J connectivity index is 1.94. The Kier molecular flexibility index (Phi) is 5.26. The zero-order valence-corrected chi connectivity index (χ0v) is 13.2. The van der Waals surface area contributed by atoms with E-state index in [-0.39, 0.29) is 11.4 Å². The van der Waals surface area contributed by atoms with Crippen molar-refractivity contribution in [2.75, 3.05) is 11.9 Å². The van der Waals surface area contributed by atoms with Crippen LogP contribution in [-0.4, -0.2) is 23.4 Å². The lowest BCUT2D eigenvalue weighted by Crippen LogP contribution is -2.21. The lowest BCUT2D eigenvalue weighted by molar-refractivity contribution is -0.385. The highest BCUT2D eigenvalue weighted by molar-refractivity contribution is 5.95. The first kappa shape index (κ1) is 17.1. The average molecular weight is 328 g/mol. The van der Waals surface area contributed by atoms with Gasteiger partial charge in [-0.2, -0.15) is 0 Å². The summed E-state index contributed by atoms with van der Waals surface area (Å²) in [6.07, 6.45) is 0. The van der Waals surface area contributed by atoms with Crippen molar-refractivity contribution >= 4 is 23.3 Å². The molecule has 0 heterocycles. The number of ether oxygens (including phenoxy) is 1. The van der Waals surface area contributed by atoms with Gasteiger partial charge in [-0.15, -0.1) is 0 Å². The van der Waals surface area contributed by atoms with Crippen LogP contribution in [0.15, 0.2) is 42.5 Å². The molecule has 0 aliphatic heterocycles. The van der Waals surface area contributed by atoms with Crippen LogP contribution in [0.3, 0.4) is 0 Å². The molecule has 24 heavy (non-hydrogen) atoms. The maximum atomic E-state index is 11.8. The number of anilines is 1. The van der Waals surface area contributed by atoms with Gasteiger partial charge in [-0.05, 0) is 32.0 Å². The van der Waals surface area contributed by atoms with E-state index in [1.807, 2.05) is 6.92 Å². The van der Waals surface area contributed by atoms with Crippen molar-refractivity contribution in [3.8, 4) is 0 Å². The van der Waals surface area contributed by atoms with Crippen molar-refractivity contribution in [2.45, 2.75) is 13.8 Å². The van der Waals surface area contributed by atoms with Crippen LogP contribution in [0.5, 0.6) is 0 Å². The van der Waals surface area contributed by atoms with Gasteiger partial charge in [0.15, 0.2) is 6.61 Å². The molecular formula is C17H16N2O5. The van der Waals surface area contributed by atoms with Gasteiger partial charge < -0.3 is 10.1 Å². The predicted molar refractivity (Wildman–Crippen MR) is 87.9 cm³/mol. The SMILES string of the molecule is Cc1ccc(C(=O)OCC(=O)Nc2ccc(C)c([N+](=O)[O-])c2)cc1. The minimum absolute atomic E-state index is 0.0931. The quantitative estimate of drug-likeness (QED) is 0.517. The molecule has 1 amide bonds. The summed E-state index contributed by atoms with van der Waals surface area (Å²) in [6.45, 7) is 3.02. The molecule has 2 aromatic rings. The fourth-order valence-corrected chi connectivity index (χ4v) is 1.98. The number of nitrogens with zero attached hydrogens (tertiary/aromatic N) is 1. The van der Waals surface area contributed by atoms with Gasteiger partial charge in [-0.1, -0.05) is 23.8 Å². The van der Waals surface area contributed by atoms with E-state index in [9.17, 15) is 19.7 Å². The number of carbonyl (C=O) groups excluding carboxylic acids is 2. The highest BCUT2D eigenvalue weighted by Crippen LogP contribution is 2.22. The lowest BCUT2D eigenvalue weighted by Gasteiger charge is -2.07. The van der Waals surface area contributed by atoms with Gasteiger partial charge in [0.25, 0.3) is 11.6 Å². The summed E-state index contributed by atoms with van der Waals surface area (Å²) < 4.78 is 4.92. The molecule has 0 saturated carbocycles. The molecule has 1 N–H and O–H groups in total. The van der Waals surface area contributed by atoms with Gasteiger partial charge >= 0.3 is 5.97 Å². The third-order valence-corrected chi connectivity index (χ3v) is 3.31. The second-order valence-electron chi connectivity index (χ2n) is 5.25. The number of nitro benzene ring substituents is 1. The first-order chi connectivity index (χ1) is 11.4. The topological polar surface area (TPSA) is 98.5 Å². The van der Waals surface area contributed by atoms with Crippen LogP contribution in [-0.2, 0) is 9.53 Å². The standard InChI is InChI=1S/C17H16N2O5/c1-11-3-6-13(7-4-11)17(21)24-10-16(20)18-14-8-5-12(2)15(9-14)19(22)23/h3-9H,10H2,1-2H3,(H,18,20). The highest BCUT2D eigenvalue weighted by atomic mass is 16.6. The number of benzene rings is 2. The Morgan fingerprint density at radius 2 is 1.79 bits per heavy atom. The van der Waals surface area contributed by atoms with Crippen LogP contribution in [0.2, 0.25) is 0 Å². The van der Waals surface area contributed by atoms with Crippen LogP contribution in [0, 0.1) is 24.0 Å². The second-order valence-corrected chi connectivity index (χ2v) is 5.25. The van der Waals surface area contributed by atoms with Gasteiger partial charge in [0.2, 0.25) is 0 Å². The molecule has 7 nitrogen and oxygen atoms in total. The summed E-state index contributed by atoms with van der Waals surface area (Å²) in [5, 5.41) is 13.3. The van der Waals surface area contributed by atoms with E-state index < -0.39 is 23.4 Å². The molecule has 0 aromatic heterocycles. The number of amides is 1. The molecule has 2 rings (SSSR count). The summed E-state index contributed by atoms with van der Waals surface area (Å²) in [7, 11) is 0. The Morgan fingerprint density at radius 3 is 2.42 bits per heavy atom. The summed E-state index contributed by atoms with van der Waals surface area (Å²) >= 11 is 0. The molecule has 7 heteroatoms. The van der Waals surface area contributed by atoms with Crippen LogP contribution >= 0.6 is 0 Å². The third kappa shape index (κ3) is 4.39. The zero-order chi connectivity index (χ0) is 17.7. The van der Waals surface area contributed by atoms with E-state index in [1.54, 1.807) is 37.3 Å². The number of hydrogen-bond acceptors (Lipinski definition) is 5. The number of aryl methyl sites for hydroxylation is 2. The average Bonchev–Trinajstić information content (AvgIpc) is 2.55. The summed E-state index contributed by atoms with van der Waals surface area (Å²) in [5.41, 5.74) is 2.02. The fourth-order valence-electron chi connectivity index (χ4n) is 1.98. The van der Waals surface area contributed by atoms with Crippen molar-refractivity contribution in [3.63, 3.8) is 0 Å². The third-order valence-electron chi connectivity index (χ3n) is 3.31. The second kappa shape index (κ2) is 7.36. The Bertz CT molecular complexity index is 784. The summed E-state index contributed by atoms with van der Waals surface area (Å²) in [6, 6.07) is 11.1. The molecule has 124 valence electrons. The molecule has 0 spiro atoms. The largest absolute Gasteiger partial charge is 0.452 e. The molecule has 0 radical (unpaired) electrons. The number of rotatable bonds is 5. The molecule has 0 aliphatic carbocycles. The van der Waals surface area contributed by atoms with E-state index >= 15 is 0 Å². The maximum Gasteiger partial charge on any atom is 0.338 e. The van der Waals surface area contributed by atoms with Crippen LogP contribution in [0.25, 0.3) is 0 Å². The van der Waals surface area contributed by atoms with Gasteiger partial charge in [-0.25, -0.2) is 4.79 Å². The van der Waals surface area contributed by atoms with Gasteiger partial charge in [0, 0.05) is 17.3 Å². The summed E-state index contributed by atoms with van der Waals surface area (Å²) in [4.78, 5) is 34.0. The van der Waals surface area contributed by atoms with E-state index in [0.29, 0.717) is 11.1 Å². The minimum Gasteiger partial charge on any atom is -0.452 e. The molecule has 2 aromatic carbocycles. The van der Waals surface area contributed by atoms with Crippen molar-refractivity contribution in [1.82, 2.24) is 0 Å². The van der Waals surface area contributed by atoms with Crippen molar-refractivity contribution in [2.24, 2.45) is 0 Å². The lowest BCUT2D eigenvalue weighted by atomic mass is 10.1. The number of nitrogens with one attached hydrogen (secondary N) is 1. The first-order valence-corrected chi connectivity index (χ1v) is 7.15. The van der Waals surface area contributed by atoms with E-state index in [1.165, 1.54) is 12.1 Å². The fraction of sp³-hybridized carbons (Fsp3) is 0.176. The normalized spacial score (nSPS) is 10.1. The number of nitro groups is 1. The molecule has 0 saturated heterocycles. The van der Waals surface area contributed by atoms with Gasteiger partial charge in [-0.3, -0.25) is 14.9 Å². The minimum atomic E-state index is -0.611. The molecular weight excluding hydrogens is 312 g/mol. The zero-order valence-electron chi connectivity index (χ0n) is 13.2. The summed E-state index contributed by atoms with van der Waals surface area (Å²) in [5.74, 6) is -1.19. The van der Waals surface area contributed by atoms with E-state index in [0.717, 1.165) is 5.56 Å². The predicted octanol–water partition coefficient (Wildman–Crippen LogP) is 3.01. The Hall–Kier alpha value is -3.22. The number of hydrogen-bond donors (Lipinski definition) is 1. The van der Waals surface area contributed by atoms with Gasteiger partial charge in [0.05, 0.1) is 10.5 Å². The first-order valence-electron chi connectivity index (χ1n) is 7.15. The van der Waals surface area contributed by atoms with E-state index in [4.69, 9.17) is 4.74 Å². The van der Waals surface area contributed by atoms with Crippen LogP contribution in [0.1, 0.15) is 21.5 Å². The molecule has 0 aliphatic rings. The molecule has 0 unspecified atom stereocenters. The molecule has 0 atom stereocenters. The molecule has 0 bridgehead atoms. The Morgan fingerprint density at radius 1 is 1.12 bits per heavy atom. The monoisotopic (exact) mass is 328 g/mol. The van der Waals surface area contributed by atoms with Gasteiger partial charge in [0.1, 0.15) is 0 Å². The van der Waals surface area contributed by atoms with Crippen LogP contribution in [0.4, 0.5) is 11.4 Å². The van der Waals surface area contributed by atoms with Crippen molar-refractivity contribution < 1.29 is 19.2 Å². The smallest absolute Gasteiger partial charge is 0.338 e. The van der Waals surface area contributed by atoms with Crippen molar-refractivity contribution in [1.29, 1.82) is 0 Å². The molecule has 0 fully saturated rings. The van der Waals surface area contributed by atoms with Crippen LogP contribution < -0.4 is 5.32 Å². The highest BCUT2D eigenvalue weighted by Gasteiger charge is 2.14. The van der Waals surface area contributed by atoms with Crippen molar-refractivity contribution in [3.05, 3.63) is 69.3 Å². The maximum absolute atomic E-state index is 11.8. The number of esters is 1.